The first kappa shape index (κ1) is 16.9. The molecule has 0 aromatic carbocycles. The van der Waals surface area contributed by atoms with Crippen LogP contribution in [0.25, 0.3) is 0 Å². The van der Waals surface area contributed by atoms with E-state index in [1.165, 1.54) is 0 Å². The number of hydrogen-bond acceptors (Lipinski definition) is 4. The number of aliphatic hydroxyl groups is 2. The predicted octanol–water partition coefficient (Wildman–Crippen LogP) is -0.456. The molecule has 0 unspecified atom stereocenters. The minimum absolute atomic E-state index is 0.0378. The van der Waals surface area contributed by atoms with Crippen LogP contribution in [0, 0.1) is 0 Å². The Morgan fingerprint density at radius 2 is 1.11 bits per heavy atom. The molecule has 0 aliphatic heterocycles. The van der Waals surface area contributed by atoms with Crippen molar-refractivity contribution >= 4 is 11.8 Å². The number of rotatable bonds is 11. The molecule has 6 nitrogen and oxygen atoms in total. The van der Waals surface area contributed by atoms with Gasteiger partial charge in [0.25, 0.3) is 0 Å². The van der Waals surface area contributed by atoms with Gasteiger partial charge in [0.2, 0.25) is 11.8 Å². The van der Waals surface area contributed by atoms with Gasteiger partial charge in [-0.25, -0.2) is 0 Å². The van der Waals surface area contributed by atoms with Crippen LogP contribution in [0.15, 0.2) is 0 Å². The zero-order chi connectivity index (χ0) is 13.6. The van der Waals surface area contributed by atoms with E-state index in [0.29, 0.717) is 51.6 Å². The fourth-order valence-corrected chi connectivity index (χ4v) is 1.36. The van der Waals surface area contributed by atoms with Crippen LogP contribution in [0.3, 0.4) is 0 Å². The van der Waals surface area contributed by atoms with E-state index in [1.54, 1.807) is 0 Å². The summed E-state index contributed by atoms with van der Waals surface area (Å²) in [6.45, 7) is 1.15. The number of aliphatic hydroxyl groups excluding tert-OH is 2. The molecule has 0 bridgehead atoms. The second-order valence-electron chi connectivity index (χ2n) is 4.06. The molecular formula is C12H24N2O4. The molecule has 0 saturated carbocycles. The largest absolute Gasteiger partial charge is 0.396 e. The molecule has 0 aromatic heterocycles. The number of amides is 2. The van der Waals surface area contributed by atoms with E-state index >= 15 is 0 Å². The summed E-state index contributed by atoms with van der Waals surface area (Å²) in [5.41, 5.74) is 0. The van der Waals surface area contributed by atoms with Crippen LogP contribution in [-0.2, 0) is 9.59 Å². The standard InChI is InChI=1S/C12H24N2O4/c15-9-3-7-13-11(17)5-1-2-6-12(18)14-8-4-10-16/h15-16H,1-10H2,(H,13,17)(H,14,18). The van der Waals surface area contributed by atoms with Crippen molar-refractivity contribution in [3.8, 4) is 0 Å². The van der Waals surface area contributed by atoms with Crippen LogP contribution in [0.1, 0.15) is 38.5 Å². The predicted molar refractivity (Wildman–Crippen MR) is 67.9 cm³/mol. The van der Waals surface area contributed by atoms with E-state index in [1.807, 2.05) is 0 Å². The van der Waals surface area contributed by atoms with Crippen molar-refractivity contribution in [3.05, 3.63) is 0 Å². The molecule has 2 amide bonds. The molecule has 0 atom stereocenters. The summed E-state index contributed by atoms with van der Waals surface area (Å²) in [4.78, 5) is 22.5. The molecule has 18 heavy (non-hydrogen) atoms. The van der Waals surface area contributed by atoms with E-state index in [0.717, 1.165) is 0 Å². The van der Waals surface area contributed by atoms with Crippen LogP contribution >= 0.6 is 0 Å². The Hall–Kier alpha value is -1.14. The Labute approximate surface area is 108 Å². The zero-order valence-electron chi connectivity index (χ0n) is 10.8. The number of nitrogens with one attached hydrogen (secondary N) is 2. The van der Waals surface area contributed by atoms with Gasteiger partial charge >= 0.3 is 0 Å². The molecule has 0 aliphatic rings. The van der Waals surface area contributed by atoms with Gasteiger partial charge in [0, 0.05) is 39.1 Å². The van der Waals surface area contributed by atoms with Gasteiger partial charge in [-0.05, 0) is 25.7 Å². The second kappa shape index (κ2) is 12.3. The first-order valence-corrected chi connectivity index (χ1v) is 6.45. The van der Waals surface area contributed by atoms with E-state index in [9.17, 15) is 9.59 Å². The molecule has 4 N–H and O–H groups in total. The average molecular weight is 260 g/mol. The fraction of sp³-hybridized carbons (Fsp3) is 0.833. The van der Waals surface area contributed by atoms with Crippen molar-refractivity contribution in [1.82, 2.24) is 10.6 Å². The van der Waals surface area contributed by atoms with Crippen LogP contribution in [-0.4, -0.2) is 48.3 Å². The smallest absolute Gasteiger partial charge is 0.219 e. The van der Waals surface area contributed by atoms with Gasteiger partial charge in [0.1, 0.15) is 0 Å². The van der Waals surface area contributed by atoms with E-state index in [-0.39, 0.29) is 25.0 Å². The number of carbonyl (C=O) groups is 2. The molecule has 6 heteroatoms. The summed E-state index contributed by atoms with van der Waals surface area (Å²) in [5.74, 6) is -0.0757. The third-order valence-corrected chi connectivity index (χ3v) is 2.37. The van der Waals surface area contributed by atoms with Crippen LogP contribution < -0.4 is 10.6 Å². The van der Waals surface area contributed by atoms with Crippen molar-refractivity contribution < 1.29 is 19.8 Å². The summed E-state index contributed by atoms with van der Waals surface area (Å²) in [6.07, 6.45) is 3.32. The van der Waals surface area contributed by atoms with Crippen LogP contribution in [0.2, 0.25) is 0 Å². The molecule has 0 saturated heterocycles. The van der Waals surface area contributed by atoms with E-state index in [2.05, 4.69) is 10.6 Å². The maximum absolute atomic E-state index is 11.3. The molecule has 0 rings (SSSR count). The molecule has 0 radical (unpaired) electrons. The second-order valence-corrected chi connectivity index (χ2v) is 4.06. The van der Waals surface area contributed by atoms with Crippen LogP contribution in [0.5, 0.6) is 0 Å². The highest BCUT2D eigenvalue weighted by Crippen LogP contribution is 1.99. The third-order valence-electron chi connectivity index (χ3n) is 2.37. The van der Waals surface area contributed by atoms with Gasteiger partial charge in [-0.2, -0.15) is 0 Å². The molecule has 0 fully saturated rings. The Morgan fingerprint density at radius 1 is 0.722 bits per heavy atom. The Balaban J connectivity index is 3.32. The van der Waals surface area contributed by atoms with E-state index < -0.39 is 0 Å². The number of unbranched alkanes of at least 4 members (excludes halogenated alkanes) is 1. The highest BCUT2D eigenvalue weighted by Gasteiger charge is 2.03. The van der Waals surface area contributed by atoms with Crippen molar-refractivity contribution in [3.63, 3.8) is 0 Å². The first-order chi connectivity index (χ1) is 8.70. The molecule has 0 aliphatic carbocycles. The lowest BCUT2D eigenvalue weighted by Crippen LogP contribution is -2.26. The molecule has 0 aromatic rings. The molecule has 0 heterocycles. The van der Waals surface area contributed by atoms with E-state index in [4.69, 9.17) is 10.2 Å². The maximum Gasteiger partial charge on any atom is 0.219 e. The summed E-state index contributed by atoms with van der Waals surface area (Å²) in [6, 6.07) is 0. The molecule has 106 valence electrons. The highest BCUT2D eigenvalue weighted by atomic mass is 16.3. The summed E-state index contributed by atoms with van der Waals surface area (Å²) >= 11 is 0. The lowest BCUT2D eigenvalue weighted by molar-refractivity contribution is -0.123. The summed E-state index contributed by atoms with van der Waals surface area (Å²) in [5, 5.41) is 22.4. The lowest BCUT2D eigenvalue weighted by Gasteiger charge is -2.05. The van der Waals surface area contributed by atoms with Crippen molar-refractivity contribution in [2.45, 2.75) is 38.5 Å². The maximum atomic E-state index is 11.3. The van der Waals surface area contributed by atoms with Gasteiger partial charge in [0.15, 0.2) is 0 Å². The Bertz CT molecular complexity index is 210. The quantitative estimate of drug-likeness (QED) is 0.378. The minimum atomic E-state index is -0.0378. The van der Waals surface area contributed by atoms with Gasteiger partial charge in [0.05, 0.1) is 0 Å². The van der Waals surface area contributed by atoms with Gasteiger partial charge in [-0.1, -0.05) is 0 Å². The van der Waals surface area contributed by atoms with Crippen molar-refractivity contribution in [1.29, 1.82) is 0 Å². The van der Waals surface area contributed by atoms with Gasteiger partial charge in [-0.15, -0.1) is 0 Å². The normalized spacial score (nSPS) is 10.1. The topological polar surface area (TPSA) is 98.7 Å². The Kier molecular flexibility index (Phi) is 11.5. The SMILES string of the molecule is O=C(CCCCC(=O)NCCCO)NCCCO. The van der Waals surface area contributed by atoms with Gasteiger partial charge < -0.3 is 20.8 Å². The van der Waals surface area contributed by atoms with Gasteiger partial charge in [-0.3, -0.25) is 9.59 Å². The van der Waals surface area contributed by atoms with Crippen molar-refractivity contribution in [2.75, 3.05) is 26.3 Å². The molecule has 0 spiro atoms. The fourth-order valence-electron chi connectivity index (χ4n) is 1.36. The lowest BCUT2D eigenvalue weighted by atomic mass is 10.2. The monoisotopic (exact) mass is 260 g/mol. The van der Waals surface area contributed by atoms with Crippen LogP contribution in [0.4, 0.5) is 0 Å². The zero-order valence-corrected chi connectivity index (χ0v) is 10.8. The summed E-state index contributed by atoms with van der Waals surface area (Å²) < 4.78 is 0. The molecular weight excluding hydrogens is 236 g/mol. The number of carbonyl (C=O) groups excluding carboxylic acids is 2. The van der Waals surface area contributed by atoms with Crippen molar-refractivity contribution in [2.24, 2.45) is 0 Å². The third kappa shape index (κ3) is 11.3. The first-order valence-electron chi connectivity index (χ1n) is 6.45. The average Bonchev–Trinajstić information content (AvgIpc) is 2.35. The number of hydrogen-bond donors (Lipinski definition) is 4. The Morgan fingerprint density at radius 3 is 1.44 bits per heavy atom. The summed E-state index contributed by atoms with van der Waals surface area (Å²) in [7, 11) is 0. The minimum Gasteiger partial charge on any atom is -0.396 e. The highest BCUT2D eigenvalue weighted by molar-refractivity contribution is 5.77.